The lowest BCUT2D eigenvalue weighted by Crippen LogP contribution is -2.54. The fourth-order valence-electron chi connectivity index (χ4n) is 4.61. The first-order chi connectivity index (χ1) is 14.5. The highest BCUT2D eigenvalue weighted by Crippen LogP contribution is 2.30. The van der Waals surface area contributed by atoms with Crippen molar-refractivity contribution >= 4 is 35.1 Å². The Morgan fingerprint density at radius 3 is 2.30 bits per heavy atom. The molecule has 1 aliphatic carbocycles. The Kier molecular flexibility index (Phi) is 6.46. The second-order valence-electron chi connectivity index (χ2n) is 8.37. The van der Waals surface area contributed by atoms with E-state index in [4.69, 9.17) is 11.6 Å². The van der Waals surface area contributed by atoms with Gasteiger partial charge in [-0.2, -0.15) is 0 Å². The summed E-state index contributed by atoms with van der Waals surface area (Å²) in [6.07, 6.45) is 7.00. The van der Waals surface area contributed by atoms with Crippen molar-refractivity contribution in [1.82, 2.24) is 15.1 Å². The first kappa shape index (κ1) is 21.0. The largest absolute Gasteiger partial charge is 0.335 e. The van der Waals surface area contributed by atoms with Gasteiger partial charge in [-0.15, -0.1) is 0 Å². The van der Waals surface area contributed by atoms with Crippen molar-refractivity contribution in [2.24, 2.45) is 0 Å². The maximum atomic E-state index is 13.2. The number of amides is 4. The van der Waals surface area contributed by atoms with Gasteiger partial charge in [0.1, 0.15) is 0 Å². The monoisotopic (exact) mass is 432 g/mol. The number of carbonyl (C=O) groups excluding carboxylic acids is 3. The van der Waals surface area contributed by atoms with Crippen molar-refractivity contribution in [2.75, 3.05) is 37.6 Å². The van der Waals surface area contributed by atoms with Crippen LogP contribution < -0.4 is 10.2 Å². The molecule has 0 unspecified atom stereocenters. The smallest absolute Gasteiger partial charge is 0.317 e. The van der Waals surface area contributed by atoms with Crippen LogP contribution in [0.5, 0.6) is 0 Å². The molecular formula is C22H29ClN4O3. The van der Waals surface area contributed by atoms with E-state index < -0.39 is 0 Å². The Balaban J connectivity index is 1.39. The van der Waals surface area contributed by atoms with Gasteiger partial charge >= 0.3 is 6.03 Å². The third-order valence-electron chi connectivity index (χ3n) is 6.34. The van der Waals surface area contributed by atoms with E-state index in [2.05, 4.69) is 5.32 Å². The third kappa shape index (κ3) is 4.56. The Labute approximate surface area is 182 Å². The molecule has 0 atom stereocenters. The topological polar surface area (TPSA) is 73.0 Å². The first-order valence-corrected chi connectivity index (χ1v) is 11.4. The van der Waals surface area contributed by atoms with E-state index >= 15 is 0 Å². The molecule has 0 radical (unpaired) electrons. The molecule has 4 rings (SSSR count). The molecule has 2 aliphatic heterocycles. The number of hydrogen-bond donors (Lipinski definition) is 1. The predicted octanol–water partition coefficient (Wildman–Crippen LogP) is 3.27. The normalized spacial score (nSPS) is 20.6. The minimum Gasteiger partial charge on any atom is -0.335 e. The number of nitrogens with one attached hydrogen (secondary N) is 1. The van der Waals surface area contributed by atoms with Gasteiger partial charge in [-0.25, -0.2) is 4.79 Å². The van der Waals surface area contributed by atoms with Crippen LogP contribution in [0.3, 0.4) is 0 Å². The molecule has 3 aliphatic rings. The van der Waals surface area contributed by atoms with E-state index in [0.717, 1.165) is 19.3 Å². The van der Waals surface area contributed by atoms with Gasteiger partial charge in [0.2, 0.25) is 5.91 Å². The molecule has 1 saturated carbocycles. The Morgan fingerprint density at radius 1 is 0.933 bits per heavy atom. The fraction of sp³-hybridized carbons (Fsp3) is 0.591. The number of hydrogen-bond acceptors (Lipinski definition) is 3. The SMILES string of the molecule is O=C(NC1CCCCC1)N1CCN(C(=O)c2ccc(Cl)cc2N2CCCC2=O)CC1. The summed E-state index contributed by atoms with van der Waals surface area (Å²) in [6, 6.07) is 5.34. The summed E-state index contributed by atoms with van der Waals surface area (Å²) >= 11 is 6.15. The Bertz CT molecular complexity index is 817. The molecule has 30 heavy (non-hydrogen) atoms. The zero-order valence-electron chi connectivity index (χ0n) is 17.2. The van der Waals surface area contributed by atoms with Crippen LogP contribution in [0, 0.1) is 0 Å². The first-order valence-electron chi connectivity index (χ1n) is 11.0. The van der Waals surface area contributed by atoms with Gasteiger partial charge in [0.25, 0.3) is 5.91 Å². The van der Waals surface area contributed by atoms with Gasteiger partial charge in [-0.3, -0.25) is 9.59 Å². The van der Waals surface area contributed by atoms with Crippen molar-refractivity contribution in [2.45, 2.75) is 51.0 Å². The number of halogens is 1. The molecular weight excluding hydrogens is 404 g/mol. The molecule has 1 aromatic carbocycles. The molecule has 0 bridgehead atoms. The zero-order valence-corrected chi connectivity index (χ0v) is 18.0. The van der Waals surface area contributed by atoms with Crippen LogP contribution in [0.1, 0.15) is 55.3 Å². The summed E-state index contributed by atoms with van der Waals surface area (Å²) in [5.41, 5.74) is 1.09. The highest BCUT2D eigenvalue weighted by atomic mass is 35.5. The Morgan fingerprint density at radius 2 is 1.63 bits per heavy atom. The van der Waals surface area contributed by atoms with E-state index in [1.165, 1.54) is 19.3 Å². The number of nitrogens with zero attached hydrogens (tertiary/aromatic N) is 3. The van der Waals surface area contributed by atoms with Crippen LogP contribution in [0.2, 0.25) is 5.02 Å². The van der Waals surface area contributed by atoms with Crippen molar-refractivity contribution in [1.29, 1.82) is 0 Å². The van der Waals surface area contributed by atoms with Crippen molar-refractivity contribution in [3.05, 3.63) is 28.8 Å². The van der Waals surface area contributed by atoms with Gasteiger partial charge in [-0.1, -0.05) is 30.9 Å². The average molecular weight is 433 g/mol. The molecule has 2 saturated heterocycles. The van der Waals surface area contributed by atoms with E-state index in [9.17, 15) is 14.4 Å². The zero-order chi connectivity index (χ0) is 21.1. The predicted molar refractivity (Wildman–Crippen MR) is 116 cm³/mol. The second kappa shape index (κ2) is 9.25. The van der Waals surface area contributed by atoms with Gasteiger partial charge in [0.15, 0.2) is 0 Å². The van der Waals surface area contributed by atoms with E-state index in [1.807, 2.05) is 0 Å². The van der Waals surface area contributed by atoms with Crippen molar-refractivity contribution in [3.63, 3.8) is 0 Å². The van der Waals surface area contributed by atoms with Crippen LogP contribution in [0.4, 0.5) is 10.5 Å². The third-order valence-corrected chi connectivity index (χ3v) is 6.58. The lowest BCUT2D eigenvalue weighted by molar-refractivity contribution is -0.117. The van der Waals surface area contributed by atoms with Crippen molar-refractivity contribution < 1.29 is 14.4 Å². The highest BCUT2D eigenvalue weighted by molar-refractivity contribution is 6.31. The summed E-state index contributed by atoms with van der Waals surface area (Å²) < 4.78 is 0. The quantitative estimate of drug-likeness (QED) is 0.796. The molecule has 0 spiro atoms. The highest BCUT2D eigenvalue weighted by Gasteiger charge is 2.30. The minimum absolute atomic E-state index is 0.0236. The van der Waals surface area contributed by atoms with Crippen LogP contribution in [-0.4, -0.2) is 66.4 Å². The number of anilines is 1. The summed E-state index contributed by atoms with van der Waals surface area (Å²) in [6.45, 7) is 2.58. The van der Waals surface area contributed by atoms with Gasteiger partial charge in [-0.05, 0) is 37.5 Å². The molecule has 4 amide bonds. The Hall–Kier alpha value is -2.28. The van der Waals surface area contributed by atoms with Gasteiger partial charge in [0.05, 0.1) is 11.3 Å². The molecule has 3 fully saturated rings. The molecule has 1 N–H and O–H groups in total. The number of carbonyl (C=O) groups is 3. The molecule has 2 heterocycles. The number of rotatable bonds is 3. The van der Waals surface area contributed by atoms with E-state index in [0.29, 0.717) is 55.4 Å². The number of benzene rings is 1. The second-order valence-corrected chi connectivity index (χ2v) is 8.81. The van der Waals surface area contributed by atoms with Crippen LogP contribution in [-0.2, 0) is 4.79 Å². The summed E-state index contributed by atoms with van der Waals surface area (Å²) in [5, 5.41) is 3.65. The molecule has 1 aromatic rings. The molecule has 8 heteroatoms. The number of piperazine rings is 1. The standard InChI is InChI=1S/C22H29ClN4O3/c23-16-8-9-18(19(15-16)27-10-4-7-20(27)28)21(29)25-11-13-26(14-12-25)22(30)24-17-5-2-1-3-6-17/h8-9,15,17H,1-7,10-14H2,(H,24,30). The number of urea groups is 1. The van der Waals surface area contributed by atoms with Gasteiger partial charge in [0, 0.05) is 50.2 Å². The molecule has 7 nitrogen and oxygen atoms in total. The van der Waals surface area contributed by atoms with Crippen molar-refractivity contribution in [3.8, 4) is 0 Å². The lowest BCUT2D eigenvalue weighted by atomic mass is 9.96. The fourth-order valence-corrected chi connectivity index (χ4v) is 4.77. The minimum atomic E-state index is -0.117. The van der Waals surface area contributed by atoms with E-state index in [-0.39, 0.29) is 23.9 Å². The summed E-state index contributed by atoms with van der Waals surface area (Å²) in [5.74, 6) is -0.0933. The van der Waals surface area contributed by atoms with E-state index in [1.54, 1.807) is 32.9 Å². The van der Waals surface area contributed by atoms with Crippen LogP contribution >= 0.6 is 11.6 Å². The van der Waals surface area contributed by atoms with Crippen LogP contribution in [0.25, 0.3) is 0 Å². The maximum Gasteiger partial charge on any atom is 0.317 e. The summed E-state index contributed by atoms with van der Waals surface area (Å²) in [7, 11) is 0. The molecule has 0 aromatic heterocycles. The molecule has 162 valence electrons. The lowest BCUT2D eigenvalue weighted by Gasteiger charge is -2.36. The maximum absolute atomic E-state index is 13.2. The van der Waals surface area contributed by atoms with Gasteiger partial charge < -0.3 is 20.0 Å². The average Bonchev–Trinajstić information content (AvgIpc) is 3.20. The summed E-state index contributed by atoms with van der Waals surface area (Å²) in [4.78, 5) is 43.2. The van der Waals surface area contributed by atoms with Crippen LogP contribution in [0.15, 0.2) is 18.2 Å².